The molecule has 1 aliphatic rings. The zero-order valence-corrected chi connectivity index (χ0v) is 13.9. The Labute approximate surface area is 141 Å². The highest BCUT2D eigenvalue weighted by molar-refractivity contribution is 5.78. The van der Waals surface area contributed by atoms with E-state index in [4.69, 9.17) is 4.74 Å². The highest BCUT2D eigenvalue weighted by Crippen LogP contribution is 2.11. The summed E-state index contributed by atoms with van der Waals surface area (Å²) in [5.41, 5.74) is 0.466. The van der Waals surface area contributed by atoms with E-state index in [1.807, 2.05) is 0 Å². The van der Waals surface area contributed by atoms with E-state index in [0.29, 0.717) is 25.3 Å². The summed E-state index contributed by atoms with van der Waals surface area (Å²) in [5, 5.41) is 5.88. The molecule has 1 fully saturated rings. The number of likely N-dealkylation sites (tertiary alicyclic amines) is 1. The first-order chi connectivity index (χ1) is 11.6. The van der Waals surface area contributed by atoms with Crippen LogP contribution < -0.4 is 10.6 Å². The van der Waals surface area contributed by atoms with Crippen molar-refractivity contribution in [1.29, 1.82) is 0 Å². The summed E-state index contributed by atoms with van der Waals surface area (Å²) in [6.45, 7) is 3.75. The van der Waals surface area contributed by atoms with Crippen molar-refractivity contribution in [1.82, 2.24) is 15.5 Å². The van der Waals surface area contributed by atoms with Crippen molar-refractivity contribution in [2.75, 3.05) is 26.2 Å². The molecule has 2 amide bonds. The van der Waals surface area contributed by atoms with Gasteiger partial charge >= 0.3 is 6.09 Å². The third-order valence-corrected chi connectivity index (χ3v) is 4.01. The van der Waals surface area contributed by atoms with Crippen molar-refractivity contribution < 1.29 is 18.7 Å². The Kier molecular flexibility index (Phi) is 6.99. The number of nitrogens with zero attached hydrogens (tertiary/aromatic N) is 1. The Morgan fingerprint density at radius 2 is 2.00 bits per heavy atom. The van der Waals surface area contributed by atoms with E-state index in [2.05, 4.69) is 10.6 Å². The van der Waals surface area contributed by atoms with Crippen molar-refractivity contribution >= 4 is 12.0 Å². The molecule has 6 nitrogen and oxygen atoms in total. The second-order valence-electron chi connectivity index (χ2n) is 5.71. The molecule has 1 aliphatic heterocycles. The van der Waals surface area contributed by atoms with Gasteiger partial charge in [0, 0.05) is 31.2 Å². The number of ether oxygens (including phenoxy) is 1. The largest absolute Gasteiger partial charge is 0.450 e. The van der Waals surface area contributed by atoms with Gasteiger partial charge in [0.1, 0.15) is 5.82 Å². The Balaban J connectivity index is 1.64. The molecular weight excluding hydrogens is 313 g/mol. The fraction of sp³-hybridized carbons (Fsp3) is 0.529. The maximum absolute atomic E-state index is 13.5. The summed E-state index contributed by atoms with van der Waals surface area (Å²) in [6, 6.07) is 6.56. The van der Waals surface area contributed by atoms with Crippen LogP contribution in [0.25, 0.3) is 0 Å². The molecule has 1 saturated heterocycles. The molecule has 0 aliphatic carbocycles. The van der Waals surface area contributed by atoms with Crippen LogP contribution in [0.3, 0.4) is 0 Å². The molecule has 0 spiro atoms. The van der Waals surface area contributed by atoms with Crippen LogP contribution in [0.4, 0.5) is 9.18 Å². The van der Waals surface area contributed by atoms with Gasteiger partial charge in [-0.25, -0.2) is 9.18 Å². The summed E-state index contributed by atoms with van der Waals surface area (Å²) in [6.07, 6.45) is 1.28. The number of benzene rings is 1. The lowest BCUT2D eigenvalue weighted by Crippen LogP contribution is -2.47. The summed E-state index contributed by atoms with van der Waals surface area (Å²) in [5.74, 6) is -0.497. The van der Waals surface area contributed by atoms with Gasteiger partial charge in [-0.15, -0.1) is 0 Å². The first kappa shape index (κ1) is 18.2. The number of rotatable bonds is 6. The fourth-order valence-electron chi connectivity index (χ4n) is 2.62. The fourth-order valence-corrected chi connectivity index (χ4v) is 2.62. The standard InChI is InChI=1S/C17H24FN3O3/c1-2-24-17(23)21-9-7-14(8-10-21)19-12-16(22)20-11-13-5-3-4-6-15(13)18/h3-6,14,19H,2,7-12H2,1H3,(H,20,22). The van der Waals surface area contributed by atoms with Gasteiger partial charge in [0.2, 0.25) is 5.91 Å². The van der Waals surface area contributed by atoms with Crippen LogP contribution in [0.1, 0.15) is 25.3 Å². The molecule has 2 N–H and O–H groups in total. The van der Waals surface area contributed by atoms with Crippen LogP contribution in [-0.4, -0.2) is 49.2 Å². The molecule has 24 heavy (non-hydrogen) atoms. The van der Waals surface area contributed by atoms with Gasteiger partial charge in [-0.3, -0.25) is 4.79 Å². The molecule has 132 valence electrons. The average Bonchev–Trinajstić information content (AvgIpc) is 2.60. The van der Waals surface area contributed by atoms with Gasteiger partial charge in [-0.2, -0.15) is 0 Å². The topological polar surface area (TPSA) is 70.7 Å². The van der Waals surface area contributed by atoms with Crippen molar-refractivity contribution in [3.05, 3.63) is 35.6 Å². The Morgan fingerprint density at radius 3 is 2.67 bits per heavy atom. The van der Waals surface area contributed by atoms with Crippen LogP contribution in [0, 0.1) is 5.82 Å². The Bertz CT molecular complexity index is 560. The number of hydrogen-bond acceptors (Lipinski definition) is 4. The summed E-state index contributed by atoms with van der Waals surface area (Å²) in [7, 11) is 0. The molecule has 1 aromatic carbocycles. The summed E-state index contributed by atoms with van der Waals surface area (Å²) < 4.78 is 18.4. The van der Waals surface area contributed by atoms with Gasteiger partial charge in [-0.1, -0.05) is 18.2 Å². The Morgan fingerprint density at radius 1 is 1.29 bits per heavy atom. The maximum atomic E-state index is 13.5. The molecular formula is C17H24FN3O3. The smallest absolute Gasteiger partial charge is 0.409 e. The van der Waals surface area contributed by atoms with E-state index in [-0.39, 0.29) is 36.9 Å². The monoisotopic (exact) mass is 337 g/mol. The first-order valence-electron chi connectivity index (χ1n) is 8.25. The Hall–Kier alpha value is -2.15. The molecule has 7 heteroatoms. The summed E-state index contributed by atoms with van der Waals surface area (Å²) in [4.78, 5) is 25.1. The van der Waals surface area contributed by atoms with Crippen molar-refractivity contribution in [3.8, 4) is 0 Å². The highest BCUT2D eigenvalue weighted by Gasteiger charge is 2.23. The molecule has 0 aromatic heterocycles. The predicted molar refractivity (Wildman–Crippen MR) is 87.9 cm³/mol. The van der Waals surface area contributed by atoms with Crippen LogP contribution >= 0.6 is 0 Å². The highest BCUT2D eigenvalue weighted by atomic mass is 19.1. The van der Waals surface area contributed by atoms with Gasteiger partial charge in [0.15, 0.2) is 0 Å². The zero-order chi connectivity index (χ0) is 17.4. The van der Waals surface area contributed by atoms with Crippen molar-refractivity contribution in [2.24, 2.45) is 0 Å². The molecule has 0 saturated carbocycles. The van der Waals surface area contributed by atoms with Gasteiger partial charge < -0.3 is 20.3 Å². The predicted octanol–water partition coefficient (Wildman–Crippen LogP) is 1.65. The van der Waals surface area contributed by atoms with E-state index in [9.17, 15) is 14.0 Å². The first-order valence-corrected chi connectivity index (χ1v) is 8.25. The SMILES string of the molecule is CCOC(=O)N1CCC(NCC(=O)NCc2ccccc2F)CC1. The lowest BCUT2D eigenvalue weighted by atomic mass is 10.1. The number of carbonyl (C=O) groups excluding carboxylic acids is 2. The molecule has 0 radical (unpaired) electrons. The van der Waals surface area contributed by atoms with Gasteiger partial charge in [0.05, 0.1) is 13.2 Å². The minimum absolute atomic E-state index is 0.175. The molecule has 1 heterocycles. The molecule has 0 atom stereocenters. The third kappa shape index (κ3) is 5.49. The molecule has 1 aromatic rings. The quantitative estimate of drug-likeness (QED) is 0.828. The normalized spacial score (nSPS) is 15.2. The molecule has 0 bridgehead atoms. The van der Waals surface area contributed by atoms with Crippen molar-refractivity contribution in [3.63, 3.8) is 0 Å². The molecule has 2 rings (SSSR count). The molecule has 0 unspecified atom stereocenters. The third-order valence-electron chi connectivity index (χ3n) is 4.01. The van der Waals surface area contributed by atoms with E-state index in [1.165, 1.54) is 6.07 Å². The van der Waals surface area contributed by atoms with E-state index < -0.39 is 0 Å². The number of carbonyl (C=O) groups is 2. The summed E-state index contributed by atoms with van der Waals surface area (Å²) >= 11 is 0. The number of nitrogens with one attached hydrogen (secondary N) is 2. The number of piperidine rings is 1. The van der Waals surface area contributed by atoms with Crippen LogP contribution in [-0.2, 0) is 16.1 Å². The van der Waals surface area contributed by atoms with E-state index in [0.717, 1.165) is 12.8 Å². The number of hydrogen-bond donors (Lipinski definition) is 2. The van der Waals surface area contributed by atoms with Gasteiger partial charge in [-0.05, 0) is 25.8 Å². The lowest BCUT2D eigenvalue weighted by Gasteiger charge is -2.31. The van der Waals surface area contributed by atoms with Crippen LogP contribution in [0.5, 0.6) is 0 Å². The second-order valence-corrected chi connectivity index (χ2v) is 5.71. The number of amides is 2. The number of halogens is 1. The lowest BCUT2D eigenvalue weighted by molar-refractivity contribution is -0.120. The minimum atomic E-state index is -0.322. The van der Waals surface area contributed by atoms with Crippen molar-refractivity contribution in [2.45, 2.75) is 32.4 Å². The average molecular weight is 337 g/mol. The van der Waals surface area contributed by atoms with E-state index in [1.54, 1.807) is 30.0 Å². The second kappa shape index (κ2) is 9.22. The van der Waals surface area contributed by atoms with Gasteiger partial charge in [0.25, 0.3) is 0 Å². The van der Waals surface area contributed by atoms with Crippen LogP contribution in [0.2, 0.25) is 0 Å². The maximum Gasteiger partial charge on any atom is 0.409 e. The minimum Gasteiger partial charge on any atom is -0.450 e. The zero-order valence-electron chi connectivity index (χ0n) is 13.9. The van der Waals surface area contributed by atoms with E-state index >= 15 is 0 Å². The van der Waals surface area contributed by atoms with Crippen LogP contribution in [0.15, 0.2) is 24.3 Å².